The highest BCUT2D eigenvalue weighted by molar-refractivity contribution is 8.02. The van der Waals surface area contributed by atoms with Crippen LogP contribution >= 0.6 is 24.2 Å². The fourth-order valence-corrected chi connectivity index (χ4v) is 1.87. The van der Waals surface area contributed by atoms with Crippen LogP contribution < -0.4 is 0 Å². The molecule has 0 atom stereocenters. The van der Waals surface area contributed by atoms with Crippen LogP contribution in [0.3, 0.4) is 0 Å². The van der Waals surface area contributed by atoms with E-state index in [1.54, 1.807) is 0 Å². The quantitative estimate of drug-likeness (QED) is 0.534. The van der Waals surface area contributed by atoms with Crippen molar-refractivity contribution >= 4 is 24.2 Å². The number of halogens is 1. The van der Waals surface area contributed by atoms with Crippen molar-refractivity contribution in [3.05, 3.63) is 23.3 Å². The van der Waals surface area contributed by atoms with Crippen molar-refractivity contribution < 1.29 is 0 Å². The lowest BCUT2D eigenvalue weighted by molar-refractivity contribution is 0.490. The van der Waals surface area contributed by atoms with E-state index < -0.39 is 0 Å². The summed E-state index contributed by atoms with van der Waals surface area (Å²) in [5, 5.41) is 2.21. The molecule has 0 aromatic carbocycles. The van der Waals surface area contributed by atoms with Crippen LogP contribution in [-0.4, -0.2) is 17.3 Å². The van der Waals surface area contributed by atoms with Gasteiger partial charge in [-0.2, -0.15) is 0 Å². The van der Waals surface area contributed by atoms with Crippen molar-refractivity contribution in [3.8, 4) is 0 Å². The summed E-state index contributed by atoms with van der Waals surface area (Å²) in [7, 11) is 0. The summed E-state index contributed by atoms with van der Waals surface area (Å²) in [6, 6.07) is 0. The van der Waals surface area contributed by atoms with E-state index in [1.807, 2.05) is 11.8 Å². The Balaban J connectivity index is 0.000000405. The van der Waals surface area contributed by atoms with E-state index in [2.05, 4.69) is 22.5 Å². The zero-order valence-electron chi connectivity index (χ0n) is 4.91. The largest absolute Gasteiger partial charge is 0.358 e. The van der Waals surface area contributed by atoms with Crippen LogP contribution in [0, 0.1) is 0 Å². The Hall–Kier alpha value is -0.0800. The molecule has 0 aromatic rings. The zero-order chi connectivity index (χ0) is 5.40. The highest BCUT2D eigenvalue weighted by Crippen LogP contribution is 2.26. The molecule has 0 radical (unpaired) electrons. The molecule has 2 rings (SSSR count). The molecule has 9 heavy (non-hydrogen) atoms. The molecular weight excluding hydrogens is 154 g/mol. The summed E-state index contributed by atoms with van der Waals surface area (Å²) >= 11 is 1.88. The molecule has 0 bridgehead atoms. The summed E-state index contributed by atoms with van der Waals surface area (Å²) in [4.78, 5) is 2.35. The molecule has 2 aliphatic heterocycles. The Kier molecular flexibility index (Phi) is 2.09. The minimum absolute atomic E-state index is 0. The van der Waals surface area contributed by atoms with Crippen LogP contribution in [-0.2, 0) is 0 Å². The summed E-state index contributed by atoms with van der Waals surface area (Å²) in [6.07, 6.45) is 4.38. The SMILES string of the molecule is C1=CC2=CSCN2C1.Cl. The topological polar surface area (TPSA) is 3.24 Å². The van der Waals surface area contributed by atoms with Crippen LogP contribution in [0.2, 0.25) is 0 Å². The maximum absolute atomic E-state index is 2.35. The highest BCUT2D eigenvalue weighted by Gasteiger charge is 2.14. The van der Waals surface area contributed by atoms with Gasteiger partial charge in [-0.3, -0.25) is 0 Å². The van der Waals surface area contributed by atoms with E-state index in [0.717, 1.165) is 12.4 Å². The van der Waals surface area contributed by atoms with Gasteiger partial charge in [0, 0.05) is 12.2 Å². The summed E-state index contributed by atoms with van der Waals surface area (Å²) < 4.78 is 0. The van der Waals surface area contributed by atoms with Crippen LogP contribution in [0.4, 0.5) is 0 Å². The number of hydrogen-bond donors (Lipinski definition) is 0. The lowest BCUT2D eigenvalue weighted by Crippen LogP contribution is -2.12. The predicted octanol–water partition coefficient (Wildman–Crippen LogP) is 1.83. The average molecular weight is 162 g/mol. The second kappa shape index (κ2) is 2.67. The second-order valence-corrected chi connectivity index (χ2v) is 2.79. The van der Waals surface area contributed by atoms with Gasteiger partial charge in [-0.1, -0.05) is 6.08 Å². The zero-order valence-corrected chi connectivity index (χ0v) is 6.54. The van der Waals surface area contributed by atoms with Gasteiger partial charge >= 0.3 is 0 Å². The lowest BCUT2D eigenvalue weighted by Gasteiger charge is -2.09. The first-order valence-corrected chi connectivity index (χ1v) is 3.75. The van der Waals surface area contributed by atoms with Gasteiger partial charge in [0.25, 0.3) is 0 Å². The molecule has 0 fully saturated rings. The molecule has 2 heterocycles. The number of thioether (sulfide) groups is 1. The van der Waals surface area contributed by atoms with E-state index >= 15 is 0 Å². The smallest absolute Gasteiger partial charge is 0.0684 e. The van der Waals surface area contributed by atoms with Gasteiger partial charge in [0.1, 0.15) is 0 Å². The highest BCUT2D eigenvalue weighted by atomic mass is 35.5. The average Bonchev–Trinajstić information content (AvgIpc) is 2.15. The number of allylic oxidation sites excluding steroid dienone is 1. The Bertz CT molecular complexity index is 164. The molecule has 0 aromatic heterocycles. The van der Waals surface area contributed by atoms with Crippen LogP contribution in [0.1, 0.15) is 0 Å². The van der Waals surface area contributed by atoms with E-state index in [9.17, 15) is 0 Å². The minimum Gasteiger partial charge on any atom is -0.358 e. The summed E-state index contributed by atoms with van der Waals surface area (Å²) in [5.41, 5.74) is 1.40. The van der Waals surface area contributed by atoms with E-state index in [-0.39, 0.29) is 12.4 Å². The minimum atomic E-state index is 0. The molecule has 0 saturated heterocycles. The maximum atomic E-state index is 2.35. The molecule has 3 heteroatoms. The van der Waals surface area contributed by atoms with E-state index in [0.29, 0.717) is 0 Å². The van der Waals surface area contributed by atoms with Crippen LogP contribution in [0.25, 0.3) is 0 Å². The van der Waals surface area contributed by atoms with Gasteiger partial charge < -0.3 is 4.90 Å². The third-order valence-corrected chi connectivity index (χ3v) is 2.28. The third-order valence-electron chi connectivity index (χ3n) is 1.41. The van der Waals surface area contributed by atoms with Crippen LogP contribution in [0.15, 0.2) is 23.3 Å². The molecule has 0 amide bonds. The molecule has 0 N–H and O–H groups in total. The third kappa shape index (κ3) is 1.10. The van der Waals surface area contributed by atoms with Crippen molar-refractivity contribution in [1.29, 1.82) is 0 Å². The van der Waals surface area contributed by atoms with Crippen LogP contribution in [0.5, 0.6) is 0 Å². The first-order valence-electron chi connectivity index (χ1n) is 2.70. The molecule has 0 unspecified atom stereocenters. The Morgan fingerprint density at radius 2 is 2.44 bits per heavy atom. The maximum Gasteiger partial charge on any atom is 0.0684 e. The number of fused-ring (bicyclic) bond motifs is 1. The first kappa shape index (κ1) is 7.03. The summed E-state index contributed by atoms with van der Waals surface area (Å²) in [6.45, 7) is 1.12. The van der Waals surface area contributed by atoms with Gasteiger partial charge in [-0.15, -0.1) is 24.2 Å². The van der Waals surface area contributed by atoms with Gasteiger partial charge in [0.15, 0.2) is 0 Å². The standard InChI is InChI=1S/C6H7NS.ClH/c1-2-6-4-8-5-7(6)3-1;/h1-2,4H,3,5H2;1H. The fraction of sp³-hybridized carbons (Fsp3) is 0.333. The molecule has 1 nitrogen and oxygen atoms in total. The fourth-order valence-electron chi connectivity index (χ4n) is 0.965. The summed E-state index contributed by atoms with van der Waals surface area (Å²) in [5.74, 6) is 1.16. The molecule has 0 saturated carbocycles. The normalized spacial score (nSPS) is 21.3. The number of hydrogen-bond acceptors (Lipinski definition) is 2. The van der Waals surface area contributed by atoms with Gasteiger partial charge in [-0.05, 0) is 11.5 Å². The first-order chi connectivity index (χ1) is 3.97. The van der Waals surface area contributed by atoms with E-state index in [1.165, 1.54) is 5.70 Å². The monoisotopic (exact) mass is 161 g/mol. The predicted molar refractivity (Wildman–Crippen MR) is 43.6 cm³/mol. The second-order valence-electron chi connectivity index (χ2n) is 1.96. The van der Waals surface area contributed by atoms with Crippen molar-refractivity contribution in [3.63, 3.8) is 0 Å². The number of rotatable bonds is 0. The Labute approximate surface area is 65.2 Å². The lowest BCUT2D eigenvalue weighted by atomic mass is 10.5. The molecule has 2 aliphatic rings. The van der Waals surface area contributed by atoms with Gasteiger partial charge in [-0.25, -0.2) is 0 Å². The van der Waals surface area contributed by atoms with Gasteiger partial charge in [0.2, 0.25) is 0 Å². The molecule has 0 aliphatic carbocycles. The van der Waals surface area contributed by atoms with Crippen molar-refractivity contribution in [2.75, 3.05) is 12.4 Å². The Morgan fingerprint density at radius 3 is 3.22 bits per heavy atom. The number of nitrogens with zero attached hydrogens (tertiary/aromatic N) is 1. The van der Waals surface area contributed by atoms with Crippen molar-refractivity contribution in [2.45, 2.75) is 0 Å². The Morgan fingerprint density at radius 1 is 1.56 bits per heavy atom. The van der Waals surface area contributed by atoms with E-state index in [4.69, 9.17) is 0 Å². The molecule has 0 spiro atoms. The van der Waals surface area contributed by atoms with Crippen molar-refractivity contribution in [1.82, 2.24) is 4.90 Å². The van der Waals surface area contributed by atoms with Crippen molar-refractivity contribution in [2.24, 2.45) is 0 Å². The molecular formula is C6H8ClNS. The molecule has 50 valence electrons. The van der Waals surface area contributed by atoms with Gasteiger partial charge in [0.05, 0.1) is 5.88 Å².